The second-order valence-electron chi connectivity index (χ2n) is 3.51. The largest absolute Gasteiger partial charge is 0.0885 e. The van der Waals surface area contributed by atoms with E-state index in [1.165, 1.54) is 51.4 Å². The van der Waals surface area contributed by atoms with Gasteiger partial charge in [0.15, 0.2) is 0 Å². The summed E-state index contributed by atoms with van der Waals surface area (Å²) in [4.78, 5) is 0. The number of hydrogen-bond acceptors (Lipinski definition) is 0. The van der Waals surface area contributed by atoms with Crippen molar-refractivity contribution >= 4 is 0 Å². The summed E-state index contributed by atoms with van der Waals surface area (Å²) in [6.45, 7) is 0. The molecule has 0 aromatic carbocycles. The van der Waals surface area contributed by atoms with Crippen molar-refractivity contribution in [2.24, 2.45) is 0 Å². The van der Waals surface area contributed by atoms with E-state index in [0.717, 1.165) is 0 Å². The van der Waals surface area contributed by atoms with Gasteiger partial charge in [-0.15, -0.1) is 0 Å². The second-order valence-corrected chi connectivity index (χ2v) is 3.51. The Bertz CT molecular complexity index is 126. The van der Waals surface area contributed by atoms with Crippen LogP contribution in [0.3, 0.4) is 0 Å². The molecular weight excluding hydrogens is 144 g/mol. The molecule has 0 aliphatic heterocycles. The maximum absolute atomic E-state index is 2.35. The molecule has 1 aliphatic rings. The smallest absolute Gasteiger partial charge is 0.0348 e. The lowest BCUT2D eigenvalue weighted by Gasteiger charge is -1.97. The molecule has 0 saturated heterocycles. The lowest BCUT2D eigenvalue weighted by Crippen LogP contribution is -1.77. The Morgan fingerprint density at radius 2 is 0.833 bits per heavy atom. The van der Waals surface area contributed by atoms with Gasteiger partial charge in [-0.2, -0.15) is 0 Å². The van der Waals surface area contributed by atoms with Gasteiger partial charge in [0, 0.05) is 0 Å². The fourth-order valence-corrected chi connectivity index (χ4v) is 1.53. The van der Waals surface area contributed by atoms with E-state index >= 15 is 0 Å². The third-order valence-corrected chi connectivity index (χ3v) is 2.32. The predicted molar refractivity (Wildman–Crippen MR) is 55.2 cm³/mol. The van der Waals surface area contributed by atoms with Crippen LogP contribution in [-0.4, -0.2) is 0 Å². The molecule has 68 valence electrons. The van der Waals surface area contributed by atoms with Gasteiger partial charge in [-0.05, 0) is 44.9 Å². The van der Waals surface area contributed by atoms with Gasteiger partial charge in [0.2, 0.25) is 0 Å². The summed E-state index contributed by atoms with van der Waals surface area (Å²) in [6.07, 6.45) is 20.0. The standard InChI is InChI=1S/C12H20/c1-2-4-6-8-10-12-11-9-7-5-3-1/h1-2,9,11H,3-8,10,12H2/b2-1-,11-9+. The highest BCUT2D eigenvalue weighted by molar-refractivity contribution is 4.86. The molecule has 0 saturated carbocycles. The van der Waals surface area contributed by atoms with E-state index in [-0.39, 0.29) is 0 Å². The molecule has 0 atom stereocenters. The van der Waals surface area contributed by atoms with Crippen LogP contribution in [0.4, 0.5) is 0 Å². The van der Waals surface area contributed by atoms with Crippen molar-refractivity contribution in [3.63, 3.8) is 0 Å². The molecule has 0 radical (unpaired) electrons. The zero-order valence-corrected chi connectivity index (χ0v) is 7.97. The van der Waals surface area contributed by atoms with E-state index in [2.05, 4.69) is 24.3 Å². The zero-order chi connectivity index (χ0) is 8.49. The van der Waals surface area contributed by atoms with Crippen LogP contribution in [0.5, 0.6) is 0 Å². The lowest BCUT2D eigenvalue weighted by molar-refractivity contribution is 0.691. The van der Waals surface area contributed by atoms with Crippen molar-refractivity contribution in [1.29, 1.82) is 0 Å². The van der Waals surface area contributed by atoms with Crippen molar-refractivity contribution in [2.75, 3.05) is 0 Å². The molecule has 0 heteroatoms. The zero-order valence-electron chi connectivity index (χ0n) is 7.97. The average molecular weight is 164 g/mol. The molecule has 0 fully saturated rings. The normalized spacial score (nSPS) is 26.7. The summed E-state index contributed by atoms with van der Waals surface area (Å²) in [5.74, 6) is 0. The summed E-state index contributed by atoms with van der Waals surface area (Å²) >= 11 is 0. The van der Waals surface area contributed by atoms with E-state index in [0.29, 0.717) is 0 Å². The van der Waals surface area contributed by atoms with Crippen LogP contribution in [0.1, 0.15) is 51.4 Å². The molecular formula is C12H20. The van der Waals surface area contributed by atoms with Gasteiger partial charge in [-0.1, -0.05) is 30.7 Å². The fraction of sp³-hybridized carbons (Fsp3) is 0.667. The molecule has 0 heterocycles. The second kappa shape index (κ2) is 7.15. The summed E-state index contributed by atoms with van der Waals surface area (Å²) in [5, 5.41) is 0. The average Bonchev–Trinajstić information content (AvgIpc) is 2.05. The minimum absolute atomic E-state index is 1.27. The Labute approximate surface area is 76.4 Å². The van der Waals surface area contributed by atoms with Crippen LogP contribution in [-0.2, 0) is 0 Å². The van der Waals surface area contributed by atoms with Gasteiger partial charge in [0.25, 0.3) is 0 Å². The first-order valence-corrected chi connectivity index (χ1v) is 5.30. The number of allylic oxidation sites excluding steroid dienone is 4. The van der Waals surface area contributed by atoms with Crippen LogP contribution < -0.4 is 0 Å². The molecule has 0 unspecified atom stereocenters. The topological polar surface area (TPSA) is 0 Å². The number of hydrogen-bond donors (Lipinski definition) is 0. The maximum Gasteiger partial charge on any atom is -0.0348 e. The van der Waals surface area contributed by atoms with Crippen molar-refractivity contribution in [1.82, 2.24) is 0 Å². The maximum atomic E-state index is 2.35. The van der Waals surface area contributed by atoms with Gasteiger partial charge < -0.3 is 0 Å². The Hall–Kier alpha value is -0.520. The van der Waals surface area contributed by atoms with Gasteiger partial charge in [-0.25, -0.2) is 0 Å². The first kappa shape index (κ1) is 9.57. The van der Waals surface area contributed by atoms with Gasteiger partial charge >= 0.3 is 0 Å². The molecule has 0 amide bonds. The molecule has 0 aromatic heterocycles. The monoisotopic (exact) mass is 164 g/mol. The van der Waals surface area contributed by atoms with Crippen molar-refractivity contribution in [3.8, 4) is 0 Å². The van der Waals surface area contributed by atoms with Gasteiger partial charge in [0.05, 0.1) is 0 Å². The van der Waals surface area contributed by atoms with Crippen LogP contribution in [0.2, 0.25) is 0 Å². The van der Waals surface area contributed by atoms with Crippen LogP contribution in [0.25, 0.3) is 0 Å². The molecule has 12 heavy (non-hydrogen) atoms. The fourth-order valence-electron chi connectivity index (χ4n) is 1.53. The van der Waals surface area contributed by atoms with E-state index in [4.69, 9.17) is 0 Å². The van der Waals surface area contributed by atoms with E-state index in [1.54, 1.807) is 0 Å². The van der Waals surface area contributed by atoms with Crippen LogP contribution in [0.15, 0.2) is 24.3 Å². The van der Waals surface area contributed by atoms with E-state index in [1.807, 2.05) is 0 Å². The lowest BCUT2D eigenvalue weighted by atomic mass is 10.1. The first-order chi connectivity index (χ1) is 6.00. The summed E-state index contributed by atoms with van der Waals surface area (Å²) in [5.41, 5.74) is 0. The van der Waals surface area contributed by atoms with Crippen molar-refractivity contribution < 1.29 is 0 Å². The third-order valence-electron chi connectivity index (χ3n) is 2.32. The summed E-state index contributed by atoms with van der Waals surface area (Å²) < 4.78 is 0. The molecule has 1 rings (SSSR count). The Morgan fingerprint density at radius 1 is 0.417 bits per heavy atom. The highest BCUT2D eigenvalue weighted by Crippen LogP contribution is 2.08. The van der Waals surface area contributed by atoms with E-state index < -0.39 is 0 Å². The third kappa shape index (κ3) is 5.17. The summed E-state index contributed by atoms with van der Waals surface area (Å²) in [7, 11) is 0. The Balaban J connectivity index is 2.19. The minimum Gasteiger partial charge on any atom is -0.0885 e. The number of rotatable bonds is 0. The Morgan fingerprint density at radius 3 is 1.33 bits per heavy atom. The summed E-state index contributed by atoms with van der Waals surface area (Å²) in [6, 6.07) is 0. The van der Waals surface area contributed by atoms with E-state index in [9.17, 15) is 0 Å². The molecule has 1 aliphatic carbocycles. The highest BCUT2D eigenvalue weighted by Gasteiger charge is 1.88. The SMILES string of the molecule is C1=C\CCCCC/C=C/CCC/1. The highest BCUT2D eigenvalue weighted by atomic mass is 13.9. The van der Waals surface area contributed by atoms with Crippen molar-refractivity contribution in [2.45, 2.75) is 51.4 Å². The molecule has 0 spiro atoms. The quantitative estimate of drug-likeness (QED) is 0.470. The molecule has 0 N–H and O–H groups in total. The molecule has 0 aromatic rings. The first-order valence-electron chi connectivity index (χ1n) is 5.30. The van der Waals surface area contributed by atoms with Crippen molar-refractivity contribution in [3.05, 3.63) is 24.3 Å². The Kier molecular flexibility index (Phi) is 5.70. The minimum atomic E-state index is 1.27. The molecule has 0 bridgehead atoms. The molecule has 0 nitrogen and oxygen atoms in total. The van der Waals surface area contributed by atoms with Gasteiger partial charge in [-0.3, -0.25) is 0 Å². The van der Waals surface area contributed by atoms with Crippen LogP contribution in [0, 0.1) is 0 Å². The van der Waals surface area contributed by atoms with Crippen LogP contribution >= 0.6 is 0 Å². The van der Waals surface area contributed by atoms with Gasteiger partial charge in [0.1, 0.15) is 0 Å². The predicted octanol–water partition coefficient (Wildman–Crippen LogP) is 4.23.